The van der Waals surface area contributed by atoms with Crippen LogP contribution in [0, 0.1) is 20.8 Å². The number of fused-ring (bicyclic) bond motifs is 1. The van der Waals surface area contributed by atoms with Crippen molar-refractivity contribution in [3.63, 3.8) is 0 Å². The molecule has 2 atom stereocenters. The number of hydrogen-bond donors (Lipinski definition) is 1. The summed E-state index contributed by atoms with van der Waals surface area (Å²) >= 11 is 0. The van der Waals surface area contributed by atoms with Gasteiger partial charge in [-0.3, -0.25) is 0 Å². The van der Waals surface area contributed by atoms with Crippen molar-refractivity contribution >= 4 is 0 Å². The molecule has 4 rings (SSSR count). The fraction of sp³-hybridized carbons (Fsp3) is 0.217. The molecule has 1 N–H and O–H groups in total. The second-order valence-electron chi connectivity index (χ2n) is 6.75. The van der Waals surface area contributed by atoms with Gasteiger partial charge in [0.2, 0.25) is 6.29 Å². The highest BCUT2D eigenvalue weighted by Gasteiger charge is 2.35. The van der Waals surface area contributed by atoms with Gasteiger partial charge in [0.15, 0.2) is 0 Å². The predicted molar refractivity (Wildman–Crippen MR) is 101 cm³/mol. The molecule has 0 aromatic heterocycles. The van der Waals surface area contributed by atoms with Crippen molar-refractivity contribution in [3.8, 4) is 11.5 Å². The first-order valence-corrected chi connectivity index (χ1v) is 8.82. The number of benzene rings is 3. The summed E-state index contributed by atoms with van der Waals surface area (Å²) in [6.07, 6.45) is -0.786. The van der Waals surface area contributed by atoms with Crippen LogP contribution in [-0.2, 0) is 4.74 Å². The summed E-state index contributed by atoms with van der Waals surface area (Å²) in [7, 11) is 0. The summed E-state index contributed by atoms with van der Waals surface area (Å²) in [6.45, 7) is 5.83. The molecule has 132 valence electrons. The smallest absolute Gasteiger partial charge is 0.227 e. The Morgan fingerprint density at radius 3 is 1.92 bits per heavy atom. The summed E-state index contributed by atoms with van der Waals surface area (Å²) in [5.41, 5.74) is 5.54. The summed E-state index contributed by atoms with van der Waals surface area (Å²) < 4.78 is 12.7. The molecule has 0 amide bonds. The van der Waals surface area contributed by atoms with Gasteiger partial charge in [-0.15, -0.1) is 0 Å². The summed E-state index contributed by atoms with van der Waals surface area (Å²) in [4.78, 5) is 0. The Bertz CT molecular complexity index is 933. The van der Waals surface area contributed by atoms with E-state index in [2.05, 4.69) is 0 Å². The third-order valence-electron chi connectivity index (χ3n) is 5.18. The van der Waals surface area contributed by atoms with Gasteiger partial charge in [-0.25, -0.2) is 0 Å². The molecule has 0 spiro atoms. The lowest BCUT2D eigenvalue weighted by Gasteiger charge is -2.36. The van der Waals surface area contributed by atoms with Gasteiger partial charge < -0.3 is 14.6 Å². The van der Waals surface area contributed by atoms with Crippen LogP contribution in [0.1, 0.15) is 45.8 Å². The number of aromatic hydroxyl groups is 1. The quantitative estimate of drug-likeness (QED) is 0.664. The Morgan fingerprint density at radius 2 is 1.31 bits per heavy atom. The van der Waals surface area contributed by atoms with Gasteiger partial charge in [0.25, 0.3) is 0 Å². The first-order chi connectivity index (χ1) is 12.6. The lowest BCUT2D eigenvalue weighted by Crippen LogP contribution is -2.24. The van der Waals surface area contributed by atoms with E-state index in [0.717, 1.165) is 39.1 Å². The number of phenols is 1. The van der Waals surface area contributed by atoms with Gasteiger partial charge in [0, 0.05) is 16.7 Å². The largest absolute Gasteiger partial charge is 0.507 e. The topological polar surface area (TPSA) is 38.7 Å². The molecule has 3 nitrogen and oxygen atoms in total. The minimum atomic E-state index is -0.490. The van der Waals surface area contributed by atoms with E-state index in [9.17, 15) is 5.11 Å². The first kappa shape index (κ1) is 16.7. The summed E-state index contributed by atoms with van der Waals surface area (Å²) in [5.74, 6) is 1.12. The van der Waals surface area contributed by atoms with Crippen LogP contribution < -0.4 is 4.74 Å². The highest BCUT2D eigenvalue weighted by Crippen LogP contribution is 2.49. The molecule has 1 aliphatic rings. The summed E-state index contributed by atoms with van der Waals surface area (Å²) in [6, 6.07) is 20.0. The monoisotopic (exact) mass is 346 g/mol. The average Bonchev–Trinajstić information content (AvgIpc) is 2.71. The van der Waals surface area contributed by atoms with Crippen LogP contribution in [0.5, 0.6) is 11.5 Å². The SMILES string of the molecule is Cc1c(C)c2c(c(C)c1O)[C@@H](c1ccccc1)O[C@@H](c1ccccc1)O2. The number of rotatable bonds is 2. The molecule has 0 unspecified atom stereocenters. The number of hydrogen-bond acceptors (Lipinski definition) is 3. The lowest BCUT2D eigenvalue weighted by atomic mass is 9.90. The van der Waals surface area contributed by atoms with Gasteiger partial charge in [0.1, 0.15) is 17.6 Å². The zero-order chi connectivity index (χ0) is 18.3. The predicted octanol–water partition coefficient (Wildman–Crippen LogP) is 5.51. The van der Waals surface area contributed by atoms with E-state index >= 15 is 0 Å². The van der Waals surface area contributed by atoms with E-state index in [1.54, 1.807) is 0 Å². The van der Waals surface area contributed by atoms with Crippen LogP contribution in [0.2, 0.25) is 0 Å². The minimum absolute atomic E-state index is 0.296. The second-order valence-corrected chi connectivity index (χ2v) is 6.75. The maximum Gasteiger partial charge on any atom is 0.227 e. The summed E-state index contributed by atoms with van der Waals surface area (Å²) in [5, 5.41) is 10.6. The van der Waals surface area contributed by atoms with Crippen molar-refractivity contribution in [2.45, 2.75) is 33.2 Å². The van der Waals surface area contributed by atoms with Gasteiger partial charge in [-0.1, -0.05) is 60.7 Å². The highest BCUT2D eigenvalue weighted by atomic mass is 16.7. The molecule has 3 aromatic carbocycles. The van der Waals surface area contributed by atoms with Gasteiger partial charge in [0.05, 0.1) is 0 Å². The Hall–Kier alpha value is -2.78. The molecule has 0 saturated heterocycles. The van der Waals surface area contributed by atoms with E-state index in [-0.39, 0.29) is 6.10 Å². The maximum absolute atomic E-state index is 10.6. The number of phenolic OH excluding ortho intramolecular Hbond substituents is 1. The standard InChI is InChI=1S/C23H22O3/c1-14-15(2)21-19(16(3)20(14)24)22(17-10-6-4-7-11-17)26-23(25-21)18-12-8-5-9-13-18/h4-13,22-24H,1-3H3/t22-,23+/m1/s1. The number of ether oxygens (including phenoxy) is 2. The Kier molecular flexibility index (Phi) is 4.17. The average molecular weight is 346 g/mol. The molecular formula is C23H22O3. The molecule has 0 fully saturated rings. The normalized spacial score (nSPS) is 18.9. The third-order valence-corrected chi connectivity index (χ3v) is 5.18. The van der Waals surface area contributed by atoms with E-state index in [0.29, 0.717) is 5.75 Å². The molecule has 3 aromatic rings. The van der Waals surface area contributed by atoms with Crippen LogP contribution in [0.4, 0.5) is 0 Å². The van der Waals surface area contributed by atoms with Crippen molar-refractivity contribution in [2.24, 2.45) is 0 Å². The minimum Gasteiger partial charge on any atom is -0.507 e. The third kappa shape index (κ3) is 2.65. The Balaban J connectivity index is 1.92. The van der Waals surface area contributed by atoms with Crippen molar-refractivity contribution in [3.05, 3.63) is 94.0 Å². The molecule has 1 heterocycles. The van der Waals surface area contributed by atoms with Crippen molar-refractivity contribution < 1.29 is 14.6 Å². The maximum atomic E-state index is 10.6. The van der Waals surface area contributed by atoms with Gasteiger partial charge in [-0.2, -0.15) is 0 Å². The lowest BCUT2D eigenvalue weighted by molar-refractivity contribution is -0.132. The molecule has 0 aliphatic carbocycles. The molecule has 3 heteroatoms. The van der Waals surface area contributed by atoms with E-state index < -0.39 is 6.29 Å². The van der Waals surface area contributed by atoms with Crippen LogP contribution in [0.3, 0.4) is 0 Å². The molecular weight excluding hydrogens is 324 g/mol. The molecule has 0 radical (unpaired) electrons. The Labute approximate surface area is 153 Å². The van der Waals surface area contributed by atoms with E-state index in [1.165, 1.54) is 0 Å². The van der Waals surface area contributed by atoms with Crippen LogP contribution in [0.25, 0.3) is 0 Å². The molecule has 0 saturated carbocycles. The molecule has 1 aliphatic heterocycles. The van der Waals surface area contributed by atoms with Crippen LogP contribution in [0.15, 0.2) is 60.7 Å². The van der Waals surface area contributed by atoms with Crippen LogP contribution >= 0.6 is 0 Å². The molecule has 0 bridgehead atoms. The van der Waals surface area contributed by atoms with E-state index in [4.69, 9.17) is 9.47 Å². The zero-order valence-corrected chi connectivity index (χ0v) is 15.2. The van der Waals surface area contributed by atoms with Gasteiger partial charge in [-0.05, 0) is 37.5 Å². The van der Waals surface area contributed by atoms with Gasteiger partial charge >= 0.3 is 0 Å². The van der Waals surface area contributed by atoms with Crippen molar-refractivity contribution in [1.82, 2.24) is 0 Å². The fourth-order valence-electron chi connectivity index (χ4n) is 3.55. The zero-order valence-electron chi connectivity index (χ0n) is 15.2. The first-order valence-electron chi connectivity index (χ1n) is 8.82. The fourth-order valence-corrected chi connectivity index (χ4v) is 3.55. The van der Waals surface area contributed by atoms with E-state index in [1.807, 2.05) is 81.4 Å². The molecule has 26 heavy (non-hydrogen) atoms. The highest BCUT2D eigenvalue weighted by molar-refractivity contribution is 5.60. The van der Waals surface area contributed by atoms with Crippen LogP contribution in [-0.4, -0.2) is 5.11 Å². The Morgan fingerprint density at radius 1 is 0.731 bits per heavy atom. The van der Waals surface area contributed by atoms with Crippen molar-refractivity contribution in [2.75, 3.05) is 0 Å². The van der Waals surface area contributed by atoms with Crippen molar-refractivity contribution in [1.29, 1.82) is 0 Å². The second kappa shape index (κ2) is 6.50.